The van der Waals surface area contributed by atoms with Gasteiger partial charge < -0.3 is 20.1 Å². The molecule has 2 aliphatic rings. The molecule has 5 nitrogen and oxygen atoms in total. The summed E-state index contributed by atoms with van der Waals surface area (Å²) in [5.41, 5.74) is 0.219. The molecule has 0 aromatic rings. The maximum absolute atomic E-state index is 12.4. The fourth-order valence-electron chi connectivity index (χ4n) is 3.87. The van der Waals surface area contributed by atoms with E-state index >= 15 is 0 Å². The molecule has 0 saturated heterocycles. The molecule has 0 aromatic carbocycles. The average Bonchev–Trinajstić information content (AvgIpc) is 2.38. The van der Waals surface area contributed by atoms with Crippen molar-refractivity contribution in [1.82, 2.24) is 10.2 Å². The number of amides is 2. The lowest BCUT2D eigenvalue weighted by molar-refractivity contribution is -0.191. The molecule has 0 bridgehead atoms. The molecule has 0 radical (unpaired) electrons. The van der Waals surface area contributed by atoms with E-state index in [1.807, 2.05) is 25.8 Å². The topological polar surface area (TPSA) is 61.8 Å². The first kappa shape index (κ1) is 16.6. The highest BCUT2D eigenvalue weighted by molar-refractivity contribution is 5.75. The van der Waals surface area contributed by atoms with Crippen molar-refractivity contribution >= 4 is 6.03 Å². The van der Waals surface area contributed by atoms with Crippen LogP contribution in [0, 0.1) is 5.41 Å². The summed E-state index contributed by atoms with van der Waals surface area (Å²) in [5.74, 6) is 0. The summed E-state index contributed by atoms with van der Waals surface area (Å²) in [6.45, 7) is 4.97. The van der Waals surface area contributed by atoms with Crippen LogP contribution < -0.4 is 5.32 Å². The van der Waals surface area contributed by atoms with E-state index in [0.29, 0.717) is 12.1 Å². The number of rotatable bonds is 7. The van der Waals surface area contributed by atoms with Crippen molar-refractivity contribution < 1.29 is 14.6 Å². The highest BCUT2D eigenvalue weighted by atomic mass is 16.5. The Hall–Kier alpha value is -0.810. The first-order valence-corrected chi connectivity index (χ1v) is 8.31. The monoisotopic (exact) mass is 298 g/mol. The lowest BCUT2D eigenvalue weighted by Gasteiger charge is -2.63. The van der Waals surface area contributed by atoms with Crippen LogP contribution in [-0.4, -0.2) is 54.5 Å². The van der Waals surface area contributed by atoms with Crippen LogP contribution in [0.5, 0.6) is 0 Å². The molecule has 0 aromatic heterocycles. The summed E-state index contributed by atoms with van der Waals surface area (Å²) in [5, 5.41) is 11.9. The van der Waals surface area contributed by atoms with E-state index in [4.69, 9.17) is 9.84 Å². The minimum Gasteiger partial charge on any atom is -0.396 e. The van der Waals surface area contributed by atoms with Gasteiger partial charge in [0.15, 0.2) is 0 Å². The number of aliphatic hydroxyl groups is 1. The second-order valence-corrected chi connectivity index (χ2v) is 6.61. The molecule has 2 saturated carbocycles. The molecule has 2 aliphatic carbocycles. The van der Waals surface area contributed by atoms with Crippen LogP contribution in [0.4, 0.5) is 4.79 Å². The van der Waals surface area contributed by atoms with Crippen LogP contribution in [-0.2, 0) is 4.74 Å². The van der Waals surface area contributed by atoms with Crippen molar-refractivity contribution in [2.45, 2.75) is 70.6 Å². The molecule has 21 heavy (non-hydrogen) atoms. The molecular weight excluding hydrogens is 268 g/mol. The van der Waals surface area contributed by atoms with Gasteiger partial charge in [-0.2, -0.15) is 0 Å². The Bertz CT molecular complexity index is 357. The van der Waals surface area contributed by atoms with Crippen molar-refractivity contribution in [1.29, 1.82) is 0 Å². The van der Waals surface area contributed by atoms with Crippen molar-refractivity contribution in [3.63, 3.8) is 0 Å². The van der Waals surface area contributed by atoms with Crippen LogP contribution in [0.3, 0.4) is 0 Å². The van der Waals surface area contributed by atoms with Gasteiger partial charge in [-0.3, -0.25) is 0 Å². The summed E-state index contributed by atoms with van der Waals surface area (Å²) >= 11 is 0. The summed E-state index contributed by atoms with van der Waals surface area (Å²) < 4.78 is 5.84. The number of urea groups is 1. The molecule has 3 atom stereocenters. The quantitative estimate of drug-likeness (QED) is 0.757. The number of ether oxygens (including phenoxy) is 1. The standard InChI is InChI=1S/C16H30N2O3/c1-4-21-14-11-13(16(14)8-6-9-16)18(3)15(20)17-12(2)7-5-10-19/h12-14,19H,4-11H2,1-3H3,(H,17,20). The van der Waals surface area contributed by atoms with E-state index in [9.17, 15) is 4.79 Å². The van der Waals surface area contributed by atoms with Crippen molar-refractivity contribution in [2.24, 2.45) is 5.41 Å². The van der Waals surface area contributed by atoms with E-state index in [1.54, 1.807) is 0 Å². The van der Waals surface area contributed by atoms with Gasteiger partial charge in [0.1, 0.15) is 0 Å². The molecule has 2 fully saturated rings. The van der Waals surface area contributed by atoms with Crippen molar-refractivity contribution in [3.8, 4) is 0 Å². The first-order valence-electron chi connectivity index (χ1n) is 8.31. The fraction of sp³-hybridized carbons (Fsp3) is 0.938. The SMILES string of the molecule is CCOC1CC(N(C)C(=O)NC(C)CCCO)C12CCC2. The molecular formula is C16H30N2O3. The molecule has 2 rings (SSSR count). The van der Waals surface area contributed by atoms with Crippen LogP contribution in [0.15, 0.2) is 0 Å². The van der Waals surface area contributed by atoms with Gasteiger partial charge in [-0.05, 0) is 46.0 Å². The Labute approximate surface area is 128 Å². The van der Waals surface area contributed by atoms with E-state index in [2.05, 4.69) is 5.32 Å². The fourth-order valence-corrected chi connectivity index (χ4v) is 3.87. The first-order chi connectivity index (χ1) is 10.0. The zero-order chi connectivity index (χ0) is 15.5. The summed E-state index contributed by atoms with van der Waals surface area (Å²) in [6, 6.07) is 0.423. The smallest absolute Gasteiger partial charge is 0.317 e. The van der Waals surface area contributed by atoms with Gasteiger partial charge in [0.25, 0.3) is 0 Å². The Morgan fingerprint density at radius 3 is 2.76 bits per heavy atom. The Morgan fingerprint density at radius 1 is 1.52 bits per heavy atom. The van der Waals surface area contributed by atoms with Gasteiger partial charge in [0.05, 0.1) is 6.10 Å². The lowest BCUT2D eigenvalue weighted by Crippen LogP contribution is -2.68. The Morgan fingerprint density at radius 2 is 2.24 bits per heavy atom. The summed E-state index contributed by atoms with van der Waals surface area (Å²) in [6.07, 6.45) is 6.45. The van der Waals surface area contributed by atoms with Gasteiger partial charge >= 0.3 is 6.03 Å². The number of aliphatic hydroxyl groups excluding tert-OH is 1. The molecule has 1 spiro atoms. The van der Waals surface area contributed by atoms with Crippen molar-refractivity contribution in [2.75, 3.05) is 20.3 Å². The van der Waals surface area contributed by atoms with Gasteiger partial charge in [0, 0.05) is 37.8 Å². The predicted molar refractivity (Wildman–Crippen MR) is 82.2 cm³/mol. The van der Waals surface area contributed by atoms with Gasteiger partial charge in [-0.25, -0.2) is 4.79 Å². The second-order valence-electron chi connectivity index (χ2n) is 6.61. The number of carbonyl (C=O) groups excluding carboxylic acids is 1. The Kier molecular flexibility index (Phi) is 5.49. The second kappa shape index (κ2) is 6.97. The van der Waals surface area contributed by atoms with Crippen LogP contribution in [0.1, 0.15) is 52.4 Å². The lowest BCUT2D eigenvalue weighted by atomic mass is 9.50. The number of nitrogens with one attached hydrogen (secondary N) is 1. The van der Waals surface area contributed by atoms with E-state index in [0.717, 1.165) is 25.9 Å². The molecule has 122 valence electrons. The number of carbonyl (C=O) groups is 1. The average molecular weight is 298 g/mol. The predicted octanol–water partition coefficient (Wildman–Crippen LogP) is 2.14. The molecule has 2 amide bonds. The van der Waals surface area contributed by atoms with E-state index in [-0.39, 0.29) is 24.1 Å². The van der Waals surface area contributed by atoms with E-state index < -0.39 is 0 Å². The summed E-state index contributed by atoms with van der Waals surface area (Å²) in [7, 11) is 1.90. The third-order valence-corrected chi connectivity index (χ3v) is 5.35. The molecule has 5 heteroatoms. The maximum atomic E-state index is 12.4. The highest BCUT2D eigenvalue weighted by Gasteiger charge is 2.60. The van der Waals surface area contributed by atoms with Crippen LogP contribution in [0.25, 0.3) is 0 Å². The maximum Gasteiger partial charge on any atom is 0.317 e. The number of nitrogens with zero attached hydrogens (tertiary/aromatic N) is 1. The number of hydrogen-bond donors (Lipinski definition) is 2. The van der Waals surface area contributed by atoms with E-state index in [1.165, 1.54) is 19.3 Å². The minimum absolute atomic E-state index is 0.00617. The third kappa shape index (κ3) is 3.19. The van der Waals surface area contributed by atoms with Gasteiger partial charge in [0.2, 0.25) is 0 Å². The molecule has 0 aliphatic heterocycles. The third-order valence-electron chi connectivity index (χ3n) is 5.35. The zero-order valence-corrected chi connectivity index (χ0v) is 13.6. The number of hydrogen-bond acceptors (Lipinski definition) is 3. The minimum atomic E-state index is 0.00617. The summed E-state index contributed by atoms with van der Waals surface area (Å²) in [4.78, 5) is 14.2. The normalized spacial score (nSPS) is 27.6. The zero-order valence-electron chi connectivity index (χ0n) is 13.6. The van der Waals surface area contributed by atoms with Crippen LogP contribution >= 0.6 is 0 Å². The van der Waals surface area contributed by atoms with Gasteiger partial charge in [-0.1, -0.05) is 6.42 Å². The molecule has 0 heterocycles. The highest BCUT2D eigenvalue weighted by Crippen LogP contribution is 2.58. The Balaban J connectivity index is 1.85. The van der Waals surface area contributed by atoms with Crippen molar-refractivity contribution in [3.05, 3.63) is 0 Å². The molecule has 2 N–H and O–H groups in total. The largest absolute Gasteiger partial charge is 0.396 e. The van der Waals surface area contributed by atoms with Gasteiger partial charge in [-0.15, -0.1) is 0 Å². The van der Waals surface area contributed by atoms with Crippen LogP contribution in [0.2, 0.25) is 0 Å². The molecule has 3 unspecified atom stereocenters.